The minimum Gasteiger partial charge on any atom is -0.349 e. The zero-order valence-electron chi connectivity index (χ0n) is 24.7. The second-order valence-electron chi connectivity index (χ2n) is 12.6. The van der Waals surface area contributed by atoms with Crippen LogP contribution in [-0.4, -0.2) is 79.2 Å². The van der Waals surface area contributed by atoms with Gasteiger partial charge in [-0.05, 0) is 31.0 Å². The molecule has 2 unspecified atom stereocenters. The van der Waals surface area contributed by atoms with Crippen molar-refractivity contribution in [3.8, 4) is 11.3 Å². The Morgan fingerprint density at radius 3 is 2.36 bits per heavy atom. The summed E-state index contributed by atoms with van der Waals surface area (Å²) in [6, 6.07) is 2.77. The van der Waals surface area contributed by atoms with Crippen LogP contribution < -0.4 is 21.7 Å². The number of nitrogens with two attached hydrogens (primary N) is 1. The van der Waals surface area contributed by atoms with Gasteiger partial charge in [0.05, 0.1) is 28.0 Å². The predicted octanol–water partition coefficient (Wildman–Crippen LogP) is 3.65. The normalized spacial score (nSPS) is 27.1. The van der Waals surface area contributed by atoms with Crippen molar-refractivity contribution in [1.29, 1.82) is 0 Å². The van der Waals surface area contributed by atoms with Gasteiger partial charge in [0.1, 0.15) is 6.04 Å². The number of fused-ring (bicyclic) bond motifs is 1. The molecule has 250 valence electrons. The number of carbonyl (C=O) groups is 3. The molecule has 18 heteroatoms. The number of aromatic nitrogens is 4. The summed E-state index contributed by atoms with van der Waals surface area (Å²) >= 11 is 6.38. The summed E-state index contributed by atoms with van der Waals surface area (Å²) in [6.45, 7) is 1.06. The molecule has 5 N–H and O–H groups in total. The summed E-state index contributed by atoms with van der Waals surface area (Å²) in [5, 5.41) is 11.9. The topological polar surface area (TPSA) is 152 Å². The fourth-order valence-electron chi connectivity index (χ4n) is 6.45. The maximum Gasteiger partial charge on any atom is 0.435 e. The van der Waals surface area contributed by atoms with E-state index in [1.807, 2.05) is 0 Å². The van der Waals surface area contributed by atoms with Gasteiger partial charge in [-0.25, -0.2) is 18.6 Å². The van der Waals surface area contributed by atoms with Crippen molar-refractivity contribution in [1.82, 2.24) is 34.9 Å². The Kier molecular flexibility index (Phi) is 7.27. The summed E-state index contributed by atoms with van der Waals surface area (Å²) in [6.07, 6.45) is -2.12. The van der Waals surface area contributed by atoms with Crippen molar-refractivity contribution in [3.63, 3.8) is 0 Å². The molecule has 4 fully saturated rings. The van der Waals surface area contributed by atoms with Crippen LogP contribution in [0.4, 0.5) is 32.4 Å². The van der Waals surface area contributed by atoms with Crippen molar-refractivity contribution < 1.29 is 36.3 Å². The van der Waals surface area contributed by atoms with Crippen molar-refractivity contribution in [2.75, 3.05) is 18.4 Å². The largest absolute Gasteiger partial charge is 0.435 e. The lowest BCUT2D eigenvalue weighted by Gasteiger charge is -2.34. The Morgan fingerprint density at radius 1 is 1.09 bits per heavy atom. The molecule has 4 aliphatic rings. The van der Waals surface area contributed by atoms with Gasteiger partial charge in [0.2, 0.25) is 0 Å². The predicted molar refractivity (Wildman–Crippen MR) is 157 cm³/mol. The average molecular weight is 682 g/mol. The maximum atomic E-state index is 13.7. The van der Waals surface area contributed by atoms with Gasteiger partial charge in [-0.2, -0.15) is 18.3 Å². The number of carbonyl (C=O) groups excluding carboxylic acids is 3. The van der Waals surface area contributed by atoms with Gasteiger partial charge >= 0.3 is 12.2 Å². The highest BCUT2D eigenvalue weighted by atomic mass is 35.5. The van der Waals surface area contributed by atoms with Gasteiger partial charge in [-0.3, -0.25) is 14.3 Å². The molecule has 1 aliphatic heterocycles. The second kappa shape index (κ2) is 10.9. The first-order chi connectivity index (χ1) is 22.1. The number of alkyl halides is 5. The van der Waals surface area contributed by atoms with E-state index >= 15 is 0 Å². The number of nitrogens with zero attached hydrogens (tertiary/aromatic N) is 5. The fraction of sp³-hybridized carbons (Fsp3) is 0.483. The molecule has 7 rings (SSSR count). The lowest BCUT2D eigenvalue weighted by Crippen LogP contribution is -2.54. The minimum atomic E-state index is -4.94. The molecule has 3 aliphatic carbocycles. The van der Waals surface area contributed by atoms with Crippen LogP contribution in [0.1, 0.15) is 52.0 Å². The van der Waals surface area contributed by atoms with E-state index < -0.39 is 47.6 Å². The third kappa shape index (κ3) is 5.79. The highest BCUT2D eigenvalue weighted by Gasteiger charge is 2.60. The number of hydrogen-bond acceptors (Lipinski definition) is 6. The van der Waals surface area contributed by atoms with Gasteiger partial charge in [-0.1, -0.05) is 11.6 Å². The first-order valence-electron chi connectivity index (χ1n) is 14.9. The lowest BCUT2D eigenvalue weighted by atomic mass is 9.88. The lowest BCUT2D eigenvalue weighted by molar-refractivity contribution is -0.141. The van der Waals surface area contributed by atoms with Crippen LogP contribution >= 0.6 is 11.6 Å². The van der Waals surface area contributed by atoms with E-state index in [-0.39, 0.29) is 63.8 Å². The molecule has 0 spiro atoms. The van der Waals surface area contributed by atoms with Crippen LogP contribution in [0.5, 0.6) is 0 Å². The summed E-state index contributed by atoms with van der Waals surface area (Å²) in [5.74, 6) is -4.33. The van der Waals surface area contributed by atoms with E-state index in [9.17, 15) is 36.3 Å². The van der Waals surface area contributed by atoms with E-state index in [4.69, 9.17) is 17.3 Å². The molecule has 4 amide bonds. The Labute approximate surface area is 268 Å². The molecule has 1 aromatic carbocycles. The third-order valence-electron chi connectivity index (χ3n) is 9.33. The second-order valence-corrected chi connectivity index (χ2v) is 13.0. The summed E-state index contributed by atoms with van der Waals surface area (Å²) in [4.78, 5) is 44.2. The van der Waals surface area contributed by atoms with E-state index in [0.717, 1.165) is 29.8 Å². The number of urea groups is 1. The van der Waals surface area contributed by atoms with Crippen molar-refractivity contribution in [2.24, 2.45) is 24.6 Å². The van der Waals surface area contributed by atoms with E-state index in [1.165, 1.54) is 25.2 Å². The van der Waals surface area contributed by atoms with Crippen LogP contribution in [0, 0.1) is 11.8 Å². The Hall–Kier alpha value is -4.25. The SMILES string of the molecule is Cn1c(-c2cn(C3CC3(F)F)nc2C(F)(F)F)cnc1C(=O)Nc1ccc(C(=O)NC2[C@H]3CN(C(=O)N[C@H]4C[C@@H](N)C4)C[C@@H]23)c(Cl)c1. The summed E-state index contributed by atoms with van der Waals surface area (Å²) in [7, 11) is 1.31. The summed E-state index contributed by atoms with van der Waals surface area (Å²) in [5.41, 5.74) is 4.11. The fourth-order valence-corrected chi connectivity index (χ4v) is 6.72. The van der Waals surface area contributed by atoms with Crippen molar-refractivity contribution in [3.05, 3.63) is 52.7 Å². The molecule has 0 radical (unpaired) electrons. The molecular formula is C29H29ClF5N9O3. The van der Waals surface area contributed by atoms with Crippen LogP contribution in [0.3, 0.4) is 0 Å². The molecule has 1 saturated heterocycles. The van der Waals surface area contributed by atoms with E-state index in [0.29, 0.717) is 17.8 Å². The highest BCUT2D eigenvalue weighted by Crippen LogP contribution is 2.53. The van der Waals surface area contributed by atoms with Crippen molar-refractivity contribution in [2.45, 2.75) is 55.5 Å². The molecule has 3 saturated carbocycles. The van der Waals surface area contributed by atoms with Crippen molar-refractivity contribution >= 4 is 35.1 Å². The smallest absolute Gasteiger partial charge is 0.349 e. The minimum absolute atomic E-state index is 0.0467. The number of rotatable bonds is 7. The number of nitrogens with one attached hydrogen (secondary N) is 3. The Balaban J connectivity index is 0.971. The number of amides is 4. The van der Waals surface area contributed by atoms with E-state index in [1.54, 1.807) is 4.90 Å². The van der Waals surface area contributed by atoms with Gasteiger partial charge in [0, 0.05) is 68.4 Å². The van der Waals surface area contributed by atoms with Gasteiger partial charge in [-0.15, -0.1) is 0 Å². The van der Waals surface area contributed by atoms with Crippen LogP contribution in [0.25, 0.3) is 11.3 Å². The number of anilines is 1. The van der Waals surface area contributed by atoms with Crippen LogP contribution in [-0.2, 0) is 13.2 Å². The molecular weight excluding hydrogens is 653 g/mol. The first-order valence-corrected chi connectivity index (χ1v) is 15.3. The molecule has 3 heterocycles. The number of piperidine rings is 1. The van der Waals surface area contributed by atoms with Crippen LogP contribution in [0.2, 0.25) is 5.02 Å². The third-order valence-corrected chi connectivity index (χ3v) is 9.65. The molecule has 0 bridgehead atoms. The molecule has 12 nitrogen and oxygen atoms in total. The maximum absolute atomic E-state index is 13.7. The van der Waals surface area contributed by atoms with Crippen LogP contribution in [0.15, 0.2) is 30.6 Å². The molecule has 3 aromatic rings. The highest BCUT2D eigenvalue weighted by molar-refractivity contribution is 6.34. The number of benzene rings is 1. The van der Waals surface area contributed by atoms with Gasteiger partial charge in [0.15, 0.2) is 11.5 Å². The number of imidazole rings is 1. The molecule has 4 atom stereocenters. The number of likely N-dealkylation sites (tertiary alicyclic amines) is 1. The zero-order valence-corrected chi connectivity index (χ0v) is 25.4. The first kappa shape index (κ1) is 31.4. The summed E-state index contributed by atoms with van der Waals surface area (Å²) < 4.78 is 70.0. The van der Waals surface area contributed by atoms with Gasteiger partial charge in [0.25, 0.3) is 17.7 Å². The average Bonchev–Trinajstić information content (AvgIpc) is 3.48. The molecule has 47 heavy (non-hydrogen) atoms. The monoisotopic (exact) mass is 681 g/mol. The number of halogens is 6. The Bertz CT molecular complexity index is 1770. The van der Waals surface area contributed by atoms with E-state index in [2.05, 4.69) is 26.0 Å². The number of hydrogen-bond donors (Lipinski definition) is 4. The quantitative estimate of drug-likeness (QED) is 0.280. The Morgan fingerprint density at radius 2 is 1.77 bits per heavy atom. The zero-order chi connectivity index (χ0) is 33.6. The standard InChI is InChI=1S/C29H29ClF5N9O3/c1-42-20(18-11-44(21-7-28(21,31)32)41-23(18)29(33,34)35)8-37-24(42)26(46)38-13-2-3-15(19(30)6-13)25(45)40-22-16-9-43(10-17(16)22)27(47)39-14-4-12(36)5-14/h2-3,6,8,11-12,14,16-17,21-22H,4-5,7,9-10,36H2,1H3,(H,38,46)(H,39,47)(H,40,45)/t12-,14+,16-,17+,21?,22?. The van der Waals surface area contributed by atoms with Gasteiger partial charge < -0.3 is 31.2 Å². The molecule has 2 aromatic heterocycles.